The van der Waals surface area contributed by atoms with Gasteiger partial charge in [0.25, 0.3) is 0 Å². The summed E-state index contributed by atoms with van der Waals surface area (Å²) in [5.74, 6) is 0.386. The van der Waals surface area contributed by atoms with Crippen LogP contribution in [-0.2, 0) is 4.79 Å². The molecule has 2 aromatic rings. The van der Waals surface area contributed by atoms with Gasteiger partial charge in [0.05, 0.1) is 16.8 Å². The number of aromatic nitrogens is 2. The van der Waals surface area contributed by atoms with Crippen LogP contribution in [0, 0.1) is 6.92 Å². The van der Waals surface area contributed by atoms with Gasteiger partial charge in [-0.15, -0.1) is 0 Å². The van der Waals surface area contributed by atoms with Crippen molar-refractivity contribution in [2.75, 3.05) is 12.8 Å². The Kier molecular flexibility index (Phi) is 3.14. The molecule has 1 aromatic carbocycles. The van der Waals surface area contributed by atoms with Crippen LogP contribution >= 0.6 is 11.8 Å². The number of carbonyl (C=O) groups excluding carboxylic acids is 1. The average Bonchev–Trinajstić information content (AvgIpc) is 2.67. The van der Waals surface area contributed by atoms with E-state index in [9.17, 15) is 4.79 Å². The summed E-state index contributed by atoms with van der Waals surface area (Å²) in [6.45, 7) is 2.04. The third-order valence-electron chi connectivity index (χ3n) is 2.23. The molecule has 0 radical (unpaired) electrons. The largest absolute Gasteiger partial charge is 0.358 e. The van der Waals surface area contributed by atoms with Crippen molar-refractivity contribution in [1.82, 2.24) is 15.3 Å². The van der Waals surface area contributed by atoms with Crippen molar-refractivity contribution >= 4 is 28.7 Å². The molecule has 0 bridgehead atoms. The van der Waals surface area contributed by atoms with Gasteiger partial charge in [-0.3, -0.25) is 4.79 Å². The highest BCUT2D eigenvalue weighted by Gasteiger charge is 2.05. The molecule has 0 unspecified atom stereocenters. The Balaban J connectivity index is 2.16. The van der Waals surface area contributed by atoms with Crippen LogP contribution in [0.4, 0.5) is 0 Å². The molecule has 4 nitrogen and oxygen atoms in total. The fraction of sp³-hybridized carbons (Fsp3) is 0.273. The highest BCUT2D eigenvalue weighted by Crippen LogP contribution is 2.19. The number of rotatable bonds is 3. The molecule has 0 aliphatic carbocycles. The Morgan fingerprint density at radius 3 is 3.12 bits per heavy atom. The Bertz CT molecular complexity index is 521. The second-order valence-electron chi connectivity index (χ2n) is 3.52. The van der Waals surface area contributed by atoms with Gasteiger partial charge in [0.2, 0.25) is 5.91 Å². The van der Waals surface area contributed by atoms with Gasteiger partial charge in [-0.1, -0.05) is 17.8 Å². The SMILES string of the molecule is CNC(=O)CSc1nc2ccc(C)cc2[nH]1. The monoisotopic (exact) mass is 235 g/mol. The zero-order chi connectivity index (χ0) is 11.5. The van der Waals surface area contributed by atoms with E-state index in [1.165, 1.54) is 17.3 Å². The smallest absolute Gasteiger partial charge is 0.230 e. The lowest BCUT2D eigenvalue weighted by atomic mass is 10.2. The quantitative estimate of drug-likeness (QED) is 0.796. The van der Waals surface area contributed by atoms with Crippen molar-refractivity contribution in [3.05, 3.63) is 23.8 Å². The number of thioether (sulfide) groups is 1. The van der Waals surface area contributed by atoms with E-state index in [1.807, 2.05) is 25.1 Å². The zero-order valence-electron chi connectivity index (χ0n) is 9.20. The second-order valence-corrected chi connectivity index (χ2v) is 4.49. The molecule has 0 aliphatic rings. The fourth-order valence-electron chi connectivity index (χ4n) is 1.37. The van der Waals surface area contributed by atoms with E-state index in [2.05, 4.69) is 15.3 Å². The van der Waals surface area contributed by atoms with Crippen LogP contribution in [0.25, 0.3) is 11.0 Å². The van der Waals surface area contributed by atoms with Crippen molar-refractivity contribution in [2.24, 2.45) is 0 Å². The van der Waals surface area contributed by atoms with Crippen LogP contribution in [0.5, 0.6) is 0 Å². The summed E-state index contributed by atoms with van der Waals surface area (Å²) in [5, 5.41) is 3.36. The van der Waals surface area contributed by atoms with E-state index >= 15 is 0 Å². The van der Waals surface area contributed by atoms with E-state index in [0.29, 0.717) is 5.75 Å². The van der Waals surface area contributed by atoms with Crippen LogP contribution in [0.2, 0.25) is 0 Å². The molecule has 0 saturated carbocycles. The minimum Gasteiger partial charge on any atom is -0.358 e. The lowest BCUT2D eigenvalue weighted by Gasteiger charge is -1.95. The second kappa shape index (κ2) is 4.57. The Hall–Kier alpha value is -1.49. The molecular formula is C11H13N3OS. The molecule has 1 heterocycles. The summed E-state index contributed by atoms with van der Waals surface area (Å²) in [7, 11) is 1.63. The maximum atomic E-state index is 11.1. The molecule has 0 spiro atoms. The fourth-order valence-corrected chi connectivity index (χ4v) is 2.13. The number of carbonyl (C=O) groups is 1. The van der Waals surface area contributed by atoms with Crippen LogP contribution in [0.1, 0.15) is 5.56 Å². The molecule has 5 heteroatoms. The lowest BCUT2D eigenvalue weighted by molar-refractivity contribution is -0.118. The van der Waals surface area contributed by atoms with E-state index in [0.717, 1.165) is 16.2 Å². The lowest BCUT2D eigenvalue weighted by Crippen LogP contribution is -2.19. The molecule has 0 atom stereocenters. The number of aromatic amines is 1. The third kappa shape index (κ3) is 2.36. The predicted molar refractivity (Wildman–Crippen MR) is 65.6 cm³/mol. The molecule has 16 heavy (non-hydrogen) atoms. The average molecular weight is 235 g/mol. The van der Waals surface area contributed by atoms with E-state index < -0.39 is 0 Å². The van der Waals surface area contributed by atoms with Crippen molar-refractivity contribution in [1.29, 1.82) is 0 Å². The van der Waals surface area contributed by atoms with Crippen LogP contribution < -0.4 is 5.32 Å². The number of imidazole rings is 1. The van der Waals surface area contributed by atoms with Gasteiger partial charge in [-0.2, -0.15) is 0 Å². The predicted octanol–water partition coefficient (Wildman–Crippen LogP) is 1.71. The zero-order valence-corrected chi connectivity index (χ0v) is 10.0. The van der Waals surface area contributed by atoms with Crippen LogP contribution in [-0.4, -0.2) is 28.7 Å². The molecule has 2 N–H and O–H groups in total. The summed E-state index contributed by atoms with van der Waals surface area (Å²) in [5.41, 5.74) is 3.14. The molecule has 0 aliphatic heterocycles. The highest BCUT2D eigenvalue weighted by atomic mass is 32.2. The Morgan fingerprint density at radius 1 is 1.56 bits per heavy atom. The Labute approximate surface area is 97.8 Å². The van der Waals surface area contributed by atoms with Crippen molar-refractivity contribution < 1.29 is 4.79 Å². The standard InChI is InChI=1S/C11H13N3OS/c1-7-3-4-8-9(5-7)14-11(13-8)16-6-10(15)12-2/h3-5H,6H2,1-2H3,(H,12,15)(H,13,14). The van der Waals surface area contributed by atoms with Gasteiger partial charge in [0.1, 0.15) is 0 Å². The van der Waals surface area contributed by atoms with Gasteiger partial charge in [0.15, 0.2) is 5.16 Å². The van der Waals surface area contributed by atoms with E-state index in [1.54, 1.807) is 7.05 Å². The number of fused-ring (bicyclic) bond motifs is 1. The number of nitrogens with zero attached hydrogens (tertiary/aromatic N) is 1. The summed E-state index contributed by atoms with van der Waals surface area (Å²) in [6, 6.07) is 6.05. The van der Waals surface area contributed by atoms with Gasteiger partial charge in [-0.25, -0.2) is 4.98 Å². The first-order chi connectivity index (χ1) is 7.69. The van der Waals surface area contributed by atoms with Crippen molar-refractivity contribution in [3.8, 4) is 0 Å². The van der Waals surface area contributed by atoms with Crippen molar-refractivity contribution in [2.45, 2.75) is 12.1 Å². The molecular weight excluding hydrogens is 222 g/mol. The normalized spacial score (nSPS) is 10.6. The summed E-state index contributed by atoms with van der Waals surface area (Å²) in [6.07, 6.45) is 0. The first kappa shape index (κ1) is 11.0. The number of H-pyrrole nitrogens is 1. The Morgan fingerprint density at radius 2 is 2.38 bits per heavy atom. The van der Waals surface area contributed by atoms with Gasteiger partial charge >= 0.3 is 0 Å². The topological polar surface area (TPSA) is 57.8 Å². The number of benzene rings is 1. The number of aryl methyl sites for hydroxylation is 1. The van der Waals surface area contributed by atoms with Gasteiger partial charge in [0, 0.05) is 7.05 Å². The number of hydrogen-bond donors (Lipinski definition) is 2. The first-order valence-corrected chi connectivity index (χ1v) is 5.97. The maximum Gasteiger partial charge on any atom is 0.230 e. The summed E-state index contributed by atoms with van der Waals surface area (Å²) in [4.78, 5) is 18.7. The minimum atomic E-state index is 0.00152. The number of nitrogens with one attached hydrogen (secondary N) is 2. The molecule has 0 fully saturated rings. The number of amides is 1. The minimum absolute atomic E-state index is 0.00152. The molecule has 1 amide bonds. The van der Waals surface area contributed by atoms with Crippen LogP contribution in [0.15, 0.2) is 23.4 Å². The molecule has 0 saturated heterocycles. The number of hydrogen-bond acceptors (Lipinski definition) is 3. The highest BCUT2D eigenvalue weighted by molar-refractivity contribution is 7.99. The van der Waals surface area contributed by atoms with Crippen LogP contribution in [0.3, 0.4) is 0 Å². The maximum absolute atomic E-state index is 11.1. The first-order valence-electron chi connectivity index (χ1n) is 4.99. The van der Waals surface area contributed by atoms with E-state index in [-0.39, 0.29) is 5.91 Å². The summed E-state index contributed by atoms with van der Waals surface area (Å²) < 4.78 is 0. The summed E-state index contributed by atoms with van der Waals surface area (Å²) >= 11 is 1.41. The van der Waals surface area contributed by atoms with Crippen molar-refractivity contribution in [3.63, 3.8) is 0 Å². The molecule has 84 valence electrons. The van der Waals surface area contributed by atoms with E-state index in [4.69, 9.17) is 0 Å². The van der Waals surface area contributed by atoms with Gasteiger partial charge < -0.3 is 10.3 Å². The molecule has 1 aromatic heterocycles. The molecule has 2 rings (SSSR count). The van der Waals surface area contributed by atoms with Gasteiger partial charge in [-0.05, 0) is 24.6 Å². The third-order valence-corrected chi connectivity index (χ3v) is 3.11.